The van der Waals surface area contributed by atoms with Crippen molar-refractivity contribution in [2.24, 2.45) is 7.05 Å². The second kappa shape index (κ2) is 5.12. The van der Waals surface area contributed by atoms with Crippen molar-refractivity contribution in [2.75, 3.05) is 7.05 Å². The van der Waals surface area contributed by atoms with Gasteiger partial charge in [0.05, 0.1) is 6.54 Å². The van der Waals surface area contributed by atoms with Gasteiger partial charge in [0, 0.05) is 32.1 Å². The van der Waals surface area contributed by atoms with Crippen LogP contribution < -0.4 is 0 Å². The Labute approximate surface area is 119 Å². The lowest BCUT2D eigenvalue weighted by molar-refractivity contribution is 0.0780. The second-order valence-corrected chi connectivity index (χ2v) is 5.45. The van der Waals surface area contributed by atoms with Crippen molar-refractivity contribution >= 4 is 5.91 Å². The number of aromatic nitrogens is 2. The zero-order chi connectivity index (χ0) is 14.1. The number of benzene rings is 1. The molecule has 1 aromatic heterocycles. The van der Waals surface area contributed by atoms with Crippen molar-refractivity contribution < 1.29 is 4.79 Å². The van der Waals surface area contributed by atoms with E-state index in [1.54, 1.807) is 11.1 Å². The van der Waals surface area contributed by atoms with Crippen LogP contribution in [0.5, 0.6) is 0 Å². The van der Waals surface area contributed by atoms with Gasteiger partial charge in [-0.05, 0) is 42.5 Å². The van der Waals surface area contributed by atoms with Gasteiger partial charge in [0.15, 0.2) is 0 Å². The molecule has 4 nitrogen and oxygen atoms in total. The Morgan fingerprint density at radius 1 is 1.35 bits per heavy atom. The maximum atomic E-state index is 12.5. The first-order valence-electron chi connectivity index (χ1n) is 6.98. The Morgan fingerprint density at radius 3 is 2.90 bits per heavy atom. The molecular formula is C16H19N3O. The summed E-state index contributed by atoms with van der Waals surface area (Å²) in [5.41, 5.74) is 3.51. The molecule has 104 valence electrons. The number of imidazole rings is 1. The molecular weight excluding hydrogens is 250 g/mol. The molecule has 0 bridgehead atoms. The van der Waals surface area contributed by atoms with Crippen molar-refractivity contribution in [3.63, 3.8) is 0 Å². The van der Waals surface area contributed by atoms with Gasteiger partial charge in [-0.25, -0.2) is 4.98 Å². The molecule has 1 aliphatic carbocycles. The normalized spacial score (nSPS) is 13.3. The van der Waals surface area contributed by atoms with Crippen molar-refractivity contribution in [1.82, 2.24) is 14.5 Å². The summed E-state index contributed by atoms with van der Waals surface area (Å²) in [6.45, 7) is 0.527. The highest BCUT2D eigenvalue weighted by Gasteiger charge is 2.17. The van der Waals surface area contributed by atoms with E-state index in [0.717, 1.165) is 24.2 Å². The number of carbonyl (C=O) groups is 1. The second-order valence-electron chi connectivity index (χ2n) is 5.45. The summed E-state index contributed by atoms with van der Waals surface area (Å²) in [6.07, 6.45) is 7.09. The third kappa shape index (κ3) is 2.33. The lowest BCUT2D eigenvalue weighted by atomic mass is 10.1. The van der Waals surface area contributed by atoms with E-state index < -0.39 is 0 Å². The molecule has 0 atom stereocenters. The largest absolute Gasteiger partial charge is 0.337 e. The standard InChI is InChI=1S/C16H19N3O/c1-18-9-8-17-15(18)11-19(2)16(20)14-7-6-12-4-3-5-13(12)10-14/h6-10H,3-5,11H2,1-2H3. The predicted molar refractivity (Wildman–Crippen MR) is 77.5 cm³/mol. The molecule has 1 aromatic carbocycles. The average Bonchev–Trinajstić information content (AvgIpc) is 3.06. The van der Waals surface area contributed by atoms with Gasteiger partial charge in [-0.2, -0.15) is 0 Å². The molecule has 2 aromatic rings. The first kappa shape index (κ1) is 12.9. The fourth-order valence-electron chi connectivity index (χ4n) is 2.76. The molecule has 0 saturated heterocycles. The molecule has 1 heterocycles. The third-order valence-electron chi connectivity index (χ3n) is 3.99. The lowest BCUT2D eigenvalue weighted by Crippen LogP contribution is -2.27. The number of hydrogen-bond acceptors (Lipinski definition) is 2. The van der Waals surface area contributed by atoms with Crippen LogP contribution in [0.15, 0.2) is 30.6 Å². The van der Waals surface area contributed by atoms with Crippen molar-refractivity contribution in [3.8, 4) is 0 Å². The maximum Gasteiger partial charge on any atom is 0.254 e. The molecule has 4 heteroatoms. The molecule has 0 aliphatic heterocycles. The number of amides is 1. The first-order valence-corrected chi connectivity index (χ1v) is 6.98. The monoisotopic (exact) mass is 269 g/mol. The summed E-state index contributed by atoms with van der Waals surface area (Å²) >= 11 is 0. The molecule has 1 aliphatic rings. The van der Waals surface area contributed by atoms with Gasteiger partial charge in [0.1, 0.15) is 5.82 Å². The van der Waals surface area contributed by atoms with Gasteiger partial charge >= 0.3 is 0 Å². The number of fused-ring (bicyclic) bond motifs is 1. The van der Waals surface area contributed by atoms with E-state index in [1.165, 1.54) is 17.5 Å². The predicted octanol–water partition coefficient (Wildman–Crippen LogP) is 2.18. The number of aryl methyl sites for hydroxylation is 3. The van der Waals surface area contributed by atoms with Crippen LogP contribution >= 0.6 is 0 Å². The van der Waals surface area contributed by atoms with Gasteiger partial charge in [-0.1, -0.05) is 6.07 Å². The Balaban J connectivity index is 1.76. The SMILES string of the molecule is CN(Cc1nccn1C)C(=O)c1ccc2c(c1)CCC2. The van der Waals surface area contributed by atoms with Gasteiger partial charge < -0.3 is 9.47 Å². The molecule has 0 N–H and O–H groups in total. The molecule has 0 saturated carbocycles. The molecule has 20 heavy (non-hydrogen) atoms. The maximum absolute atomic E-state index is 12.5. The van der Waals surface area contributed by atoms with Crippen LogP contribution in [0.25, 0.3) is 0 Å². The zero-order valence-corrected chi connectivity index (χ0v) is 12.0. The summed E-state index contributed by atoms with van der Waals surface area (Å²) in [4.78, 5) is 18.5. The van der Waals surface area contributed by atoms with Crippen molar-refractivity contribution in [1.29, 1.82) is 0 Å². The number of hydrogen-bond donors (Lipinski definition) is 0. The van der Waals surface area contributed by atoms with Crippen molar-refractivity contribution in [2.45, 2.75) is 25.8 Å². The highest BCUT2D eigenvalue weighted by molar-refractivity contribution is 5.94. The number of carbonyl (C=O) groups excluding carboxylic acids is 1. The van der Waals surface area contributed by atoms with Gasteiger partial charge in [0.25, 0.3) is 5.91 Å². The van der Waals surface area contributed by atoms with E-state index >= 15 is 0 Å². The average molecular weight is 269 g/mol. The molecule has 1 amide bonds. The minimum atomic E-state index is 0.0581. The Hall–Kier alpha value is -2.10. The third-order valence-corrected chi connectivity index (χ3v) is 3.99. The summed E-state index contributed by atoms with van der Waals surface area (Å²) in [5, 5.41) is 0. The van der Waals surface area contributed by atoms with Crippen LogP contribution in [0.1, 0.15) is 33.7 Å². The summed E-state index contributed by atoms with van der Waals surface area (Å²) in [7, 11) is 3.76. The van der Waals surface area contributed by atoms with Gasteiger partial charge in [-0.15, -0.1) is 0 Å². The topological polar surface area (TPSA) is 38.1 Å². The summed E-state index contributed by atoms with van der Waals surface area (Å²) < 4.78 is 1.94. The first-order chi connectivity index (χ1) is 9.65. The van der Waals surface area contributed by atoms with E-state index in [-0.39, 0.29) is 5.91 Å². The summed E-state index contributed by atoms with van der Waals surface area (Å²) in [6, 6.07) is 6.10. The van der Waals surface area contributed by atoms with Crippen LogP contribution in [0.4, 0.5) is 0 Å². The highest BCUT2D eigenvalue weighted by atomic mass is 16.2. The summed E-state index contributed by atoms with van der Waals surface area (Å²) in [5.74, 6) is 0.949. The molecule has 0 fully saturated rings. The fraction of sp³-hybridized carbons (Fsp3) is 0.375. The van der Waals surface area contributed by atoms with Crippen molar-refractivity contribution in [3.05, 3.63) is 53.1 Å². The minimum absolute atomic E-state index is 0.0581. The van der Waals surface area contributed by atoms with Crippen LogP contribution in [-0.2, 0) is 26.4 Å². The van der Waals surface area contributed by atoms with Crippen LogP contribution in [0.3, 0.4) is 0 Å². The van der Waals surface area contributed by atoms with E-state index in [4.69, 9.17) is 0 Å². The Bertz CT molecular complexity index is 645. The fourth-order valence-corrected chi connectivity index (χ4v) is 2.76. The minimum Gasteiger partial charge on any atom is -0.337 e. The van der Waals surface area contributed by atoms with E-state index in [2.05, 4.69) is 17.1 Å². The van der Waals surface area contributed by atoms with Crippen LogP contribution in [0, 0.1) is 0 Å². The smallest absolute Gasteiger partial charge is 0.254 e. The number of rotatable bonds is 3. The highest BCUT2D eigenvalue weighted by Crippen LogP contribution is 2.23. The Morgan fingerprint density at radius 2 is 2.15 bits per heavy atom. The Kier molecular flexibility index (Phi) is 3.30. The van der Waals surface area contributed by atoms with E-state index in [1.807, 2.05) is 30.9 Å². The molecule has 3 rings (SSSR count). The quantitative estimate of drug-likeness (QED) is 0.856. The van der Waals surface area contributed by atoms with Gasteiger partial charge in [0.2, 0.25) is 0 Å². The van der Waals surface area contributed by atoms with Crippen LogP contribution in [0.2, 0.25) is 0 Å². The molecule has 0 spiro atoms. The van der Waals surface area contributed by atoms with E-state index in [0.29, 0.717) is 6.54 Å². The molecule has 0 radical (unpaired) electrons. The zero-order valence-electron chi connectivity index (χ0n) is 12.0. The lowest BCUT2D eigenvalue weighted by Gasteiger charge is -2.17. The van der Waals surface area contributed by atoms with Gasteiger partial charge in [-0.3, -0.25) is 4.79 Å². The molecule has 0 unspecified atom stereocenters. The van der Waals surface area contributed by atoms with Crippen LogP contribution in [-0.4, -0.2) is 27.4 Å². The van der Waals surface area contributed by atoms with E-state index in [9.17, 15) is 4.79 Å². The number of nitrogens with zero attached hydrogens (tertiary/aromatic N) is 3.